The van der Waals surface area contributed by atoms with E-state index in [0.29, 0.717) is 18.2 Å². The van der Waals surface area contributed by atoms with Crippen LogP contribution in [0.5, 0.6) is 0 Å². The average molecular weight is 263 g/mol. The summed E-state index contributed by atoms with van der Waals surface area (Å²) in [6.07, 6.45) is 0. The third-order valence-corrected chi connectivity index (χ3v) is 2.45. The third-order valence-electron chi connectivity index (χ3n) is 2.45. The van der Waals surface area contributed by atoms with Crippen LogP contribution in [0.2, 0.25) is 0 Å². The van der Waals surface area contributed by atoms with E-state index in [9.17, 15) is 9.59 Å². The van der Waals surface area contributed by atoms with Gasteiger partial charge in [-0.05, 0) is 12.1 Å². The molecule has 0 heterocycles. The Bertz CT molecular complexity index is 404. The van der Waals surface area contributed by atoms with Gasteiger partial charge < -0.3 is 16.0 Å². The maximum Gasteiger partial charge on any atom is 0.251 e. The van der Waals surface area contributed by atoms with E-state index in [0.717, 1.165) is 6.54 Å². The van der Waals surface area contributed by atoms with Gasteiger partial charge in [-0.1, -0.05) is 32.0 Å². The SMILES string of the molecule is CC(C)NCCNC(=O)CNC(=O)c1ccccc1. The molecule has 0 bridgehead atoms. The molecule has 0 unspecified atom stereocenters. The zero-order chi connectivity index (χ0) is 14.1. The van der Waals surface area contributed by atoms with E-state index in [1.54, 1.807) is 24.3 Å². The summed E-state index contributed by atoms with van der Waals surface area (Å²) in [5.41, 5.74) is 0.553. The normalized spacial score (nSPS) is 10.3. The maximum absolute atomic E-state index is 11.7. The fraction of sp³-hybridized carbons (Fsp3) is 0.429. The molecule has 0 aliphatic rings. The number of hydrogen-bond acceptors (Lipinski definition) is 3. The number of carbonyl (C=O) groups is 2. The number of benzene rings is 1. The van der Waals surface area contributed by atoms with Crippen LogP contribution in [0.1, 0.15) is 24.2 Å². The van der Waals surface area contributed by atoms with Crippen LogP contribution in [0.4, 0.5) is 0 Å². The highest BCUT2D eigenvalue weighted by atomic mass is 16.2. The van der Waals surface area contributed by atoms with Gasteiger partial charge in [-0.3, -0.25) is 9.59 Å². The van der Waals surface area contributed by atoms with Crippen LogP contribution in [0, 0.1) is 0 Å². The average Bonchev–Trinajstić information content (AvgIpc) is 2.41. The van der Waals surface area contributed by atoms with Crippen LogP contribution in [0.15, 0.2) is 30.3 Å². The summed E-state index contributed by atoms with van der Waals surface area (Å²) in [5.74, 6) is -0.425. The third kappa shape index (κ3) is 6.57. The Balaban J connectivity index is 2.18. The predicted octanol–water partition coefficient (Wildman–Crippen LogP) is 0.531. The van der Waals surface area contributed by atoms with Gasteiger partial charge in [0.15, 0.2) is 0 Å². The molecule has 19 heavy (non-hydrogen) atoms. The second-order valence-corrected chi connectivity index (χ2v) is 4.51. The van der Waals surface area contributed by atoms with E-state index < -0.39 is 0 Å². The Morgan fingerprint density at radius 3 is 2.37 bits per heavy atom. The molecule has 5 heteroatoms. The molecule has 0 spiro atoms. The van der Waals surface area contributed by atoms with Gasteiger partial charge in [-0.15, -0.1) is 0 Å². The van der Waals surface area contributed by atoms with E-state index in [4.69, 9.17) is 0 Å². The second kappa shape index (κ2) is 8.26. The van der Waals surface area contributed by atoms with Gasteiger partial charge in [0.2, 0.25) is 5.91 Å². The molecule has 0 saturated heterocycles. The lowest BCUT2D eigenvalue weighted by Gasteiger charge is -2.09. The van der Waals surface area contributed by atoms with Gasteiger partial charge in [0.1, 0.15) is 0 Å². The van der Waals surface area contributed by atoms with Crippen molar-refractivity contribution < 1.29 is 9.59 Å². The lowest BCUT2D eigenvalue weighted by Crippen LogP contribution is -2.40. The molecular weight excluding hydrogens is 242 g/mol. The molecular formula is C14H21N3O2. The van der Waals surface area contributed by atoms with E-state index in [2.05, 4.69) is 16.0 Å². The molecule has 2 amide bonds. The highest BCUT2D eigenvalue weighted by Gasteiger charge is 2.06. The highest BCUT2D eigenvalue weighted by molar-refractivity contribution is 5.96. The van der Waals surface area contributed by atoms with Crippen LogP contribution in [-0.4, -0.2) is 37.5 Å². The Kier molecular flexibility index (Phi) is 6.60. The van der Waals surface area contributed by atoms with Gasteiger partial charge in [-0.25, -0.2) is 0 Å². The van der Waals surface area contributed by atoms with Crippen molar-refractivity contribution in [3.05, 3.63) is 35.9 Å². The summed E-state index contributed by atoms with van der Waals surface area (Å²) < 4.78 is 0. The van der Waals surface area contributed by atoms with Crippen molar-refractivity contribution >= 4 is 11.8 Å². The monoisotopic (exact) mass is 263 g/mol. The fourth-order valence-corrected chi connectivity index (χ4v) is 1.48. The van der Waals surface area contributed by atoms with Crippen molar-refractivity contribution in [1.82, 2.24) is 16.0 Å². The Hall–Kier alpha value is -1.88. The zero-order valence-electron chi connectivity index (χ0n) is 11.4. The van der Waals surface area contributed by atoms with Gasteiger partial charge in [0, 0.05) is 24.7 Å². The molecule has 0 aliphatic heterocycles. The van der Waals surface area contributed by atoms with Crippen LogP contribution >= 0.6 is 0 Å². The summed E-state index contributed by atoms with van der Waals surface area (Å²) in [7, 11) is 0. The molecule has 0 radical (unpaired) electrons. The lowest BCUT2D eigenvalue weighted by molar-refractivity contribution is -0.120. The van der Waals surface area contributed by atoms with E-state index in [-0.39, 0.29) is 18.4 Å². The molecule has 0 saturated carbocycles. The van der Waals surface area contributed by atoms with Crippen LogP contribution in [0.3, 0.4) is 0 Å². The van der Waals surface area contributed by atoms with Crippen LogP contribution in [-0.2, 0) is 4.79 Å². The Morgan fingerprint density at radius 2 is 1.74 bits per heavy atom. The molecule has 1 aromatic rings. The molecule has 3 N–H and O–H groups in total. The highest BCUT2D eigenvalue weighted by Crippen LogP contribution is 1.96. The summed E-state index contributed by atoms with van der Waals surface area (Å²) in [4.78, 5) is 23.1. The molecule has 0 aliphatic carbocycles. The minimum atomic E-state index is -0.240. The van der Waals surface area contributed by atoms with Gasteiger partial charge in [0.05, 0.1) is 6.54 Å². The van der Waals surface area contributed by atoms with Crippen molar-refractivity contribution in [2.45, 2.75) is 19.9 Å². The summed E-state index contributed by atoms with van der Waals surface area (Å²) in [6.45, 7) is 5.35. The second-order valence-electron chi connectivity index (χ2n) is 4.51. The molecule has 5 nitrogen and oxygen atoms in total. The van der Waals surface area contributed by atoms with E-state index >= 15 is 0 Å². The fourth-order valence-electron chi connectivity index (χ4n) is 1.48. The summed E-state index contributed by atoms with van der Waals surface area (Å²) >= 11 is 0. The first kappa shape index (κ1) is 15.2. The first-order valence-electron chi connectivity index (χ1n) is 6.43. The largest absolute Gasteiger partial charge is 0.353 e. The van der Waals surface area contributed by atoms with E-state index in [1.807, 2.05) is 19.9 Å². The number of nitrogens with one attached hydrogen (secondary N) is 3. The molecule has 1 aromatic carbocycles. The van der Waals surface area contributed by atoms with Crippen molar-refractivity contribution in [1.29, 1.82) is 0 Å². The van der Waals surface area contributed by atoms with Crippen molar-refractivity contribution in [3.8, 4) is 0 Å². The van der Waals surface area contributed by atoms with Crippen molar-refractivity contribution in [2.24, 2.45) is 0 Å². The van der Waals surface area contributed by atoms with Gasteiger partial charge in [0.25, 0.3) is 5.91 Å². The maximum atomic E-state index is 11.7. The summed E-state index contributed by atoms with van der Waals surface area (Å²) in [5, 5.41) is 8.50. The minimum absolute atomic E-state index is 0.00456. The van der Waals surface area contributed by atoms with Gasteiger partial charge in [-0.2, -0.15) is 0 Å². The molecule has 0 fully saturated rings. The first-order chi connectivity index (χ1) is 9.09. The summed E-state index contributed by atoms with van der Waals surface area (Å²) in [6, 6.07) is 9.22. The Morgan fingerprint density at radius 1 is 1.05 bits per heavy atom. The number of carbonyl (C=O) groups excluding carboxylic acids is 2. The van der Waals surface area contributed by atoms with Gasteiger partial charge >= 0.3 is 0 Å². The quantitative estimate of drug-likeness (QED) is 0.629. The predicted molar refractivity (Wildman–Crippen MR) is 74.9 cm³/mol. The van der Waals surface area contributed by atoms with Crippen molar-refractivity contribution in [3.63, 3.8) is 0 Å². The molecule has 0 atom stereocenters. The van der Waals surface area contributed by atoms with Crippen LogP contribution in [0.25, 0.3) is 0 Å². The number of rotatable bonds is 7. The van der Waals surface area contributed by atoms with E-state index in [1.165, 1.54) is 0 Å². The lowest BCUT2D eigenvalue weighted by atomic mass is 10.2. The molecule has 1 rings (SSSR count). The standard InChI is InChI=1S/C14H21N3O2/c1-11(2)15-8-9-16-13(18)10-17-14(19)12-6-4-3-5-7-12/h3-7,11,15H,8-10H2,1-2H3,(H,16,18)(H,17,19). The van der Waals surface area contributed by atoms with Crippen LogP contribution < -0.4 is 16.0 Å². The number of amides is 2. The molecule has 104 valence electrons. The topological polar surface area (TPSA) is 70.2 Å². The number of hydrogen-bond donors (Lipinski definition) is 3. The zero-order valence-corrected chi connectivity index (χ0v) is 11.4. The Labute approximate surface area is 113 Å². The van der Waals surface area contributed by atoms with Crippen molar-refractivity contribution in [2.75, 3.05) is 19.6 Å². The molecule has 0 aromatic heterocycles. The smallest absolute Gasteiger partial charge is 0.251 e. The first-order valence-corrected chi connectivity index (χ1v) is 6.43. The minimum Gasteiger partial charge on any atom is -0.353 e.